The van der Waals surface area contributed by atoms with Gasteiger partial charge >= 0.3 is 0 Å². The van der Waals surface area contributed by atoms with Crippen molar-refractivity contribution in [3.63, 3.8) is 0 Å². The van der Waals surface area contributed by atoms with E-state index in [2.05, 4.69) is 0 Å². The molecule has 0 atom stereocenters. The Morgan fingerprint density at radius 2 is 1.69 bits per heavy atom. The van der Waals surface area contributed by atoms with E-state index >= 15 is 0 Å². The predicted octanol–water partition coefficient (Wildman–Crippen LogP) is 1.05. The van der Waals surface area contributed by atoms with E-state index in [0.717, 1.165) is 5.56 Å². The Bertz CT molecular complexity index is 363. The van der Waals surface area contributed by atoms with Gasteiger partial charge in [-0.1, -0.05) is 17.7 Å². The van der Waals surface area contributed by atoms with E-state index in [4.69, 9.17) is 11.8 Å². The van der Waals surface area contributed by atoms with Gasteiger partial charge in [0.05, 0.1) is 4.90 Å². The predicted molar refractivity (Wildman–Crippen MR) is 53.1 cm³/mol. The SMILES string of the molecule is Cc1ccc(S(=O)(=O)NCl)cc1.[Na]. The average Bonchev–Trinajstić information content (AvgIpc) is 2.05. The van der Waals surface area contributed by atoms with E-state index in [-0.39, 0.29) is 34.5 Å². The van der Waals surface area contributed by atoms with E-state index in [0.29, 0.717) is 0 Å². The molecule has 0 aliphatic carbocycles. The fraction of sp³-hybridized carbons (Fsp3) is 0.143. The summed E-state index contributed by atoms with van der Waals surface area (Å²) < 4.78 is 23.9. The maximum Gasteiger partial charge on any atom is 0.253 e. The average molecular weight is 229 g/mol. The van der Waals surface area contributed by atoms with Crippen LogP contribution in [-0.2, 0) is 10.0 Å². The van der Waals surface area contributed by atoms with Gasteiger partial charge in [-0.05, 0) is 30.8 Å². The Morgan fingerprint density at radius 3 is 2.08 bits per heavy atom. The minimum Gasteiger partial charge on any atom is -0.206 e. The minimum atomic E-state index is -3.50. The fourth-order valence-corrected chi connectivity index (χ4v) is 1.61. The molecule has 13 heavy (non-hydrogen) atoms. The van der Waals surface area contributed by atoms with Gasteiger partial charge in [0.1, 0.15) is 0 Å². The molecule has 67 valence electrons. The molecule has 0 spiro atoms. The minimum absolute atomic E-state index is 0. The Balaban J connectivity index is 0.00000144. The molecule has 3 nitrogen and oxygen atoms in total. The number of hydrogen-bond donors (Lipinski definition) is 1. The van der Waals surface area contributed by atoms with E-state index in [1.54, 1.807) is 16.4 Å². The van der Waals surface area contributed by atoms with Crippen LogP contribution >= 0.6 is 11.8 Å². The summed E-state index contributed by atoms with van der Waals surface area (Å²) in [6, 6.07) is 6.42. The van der Waals surface area contributed by atoms with Crippen LogP contribution in [0.5, 0.6) is 0 Å². The van der Waals surface area contributed by atoms with E-state index < -0.39 is 10.0 Å². The zero-order valence-corrected chi connectivity index (χ0v) is 11.0. The van der Waals surface area contributed by atoms with Crippen molar-refractivity contribution in [3.8, 4) is 0 Å². The Kier molecular flexibility index (Phi) is 5.51. The fourth-order valence-electron chi connectivity index (χ4n) is 0.762. The first-order valence-corrected chi connectivity index (χ1v) is 5.11. The molecule has 0 amide bonds. The second kappa shape index (κ2) is 5.34. The van der Waals surface area contributed by atoms with Crippen molar-refractivity contribution in [2.45, 2.75) is 11.8 Å². The van der Waals surface area contributed by atoms with Crippen molar-refractivity contribution in [1.82, 2.24) is 4.24 Å². The second-order valence-corrected chi connectivity index (χ2v) is 4.49. The number of benzene rings is 1. The van der Waals surface area contributed by atoms with Gasteiger partial charge in [0, 0.05) is 29.6 Å². The number of nitrogens with one attached hydrogen (secondary N) is 1. The second-order valence-electron chi connectivity index (χ2n) is 2.39. The molecule has 6 heteroatoms. The molecule has 0 aromatic heterocycles. The van der Waals surface area contributed by atoms with Crippen molar-refractivity contribution in [2.24, 2.45) is 0 Å². The third kappa shape index (κ3) is 3.58. The van der Waals surface area contributed by atoms with Crippen molar-refractivity contribution >= 4 is 51.4 Å². The monoisotopic (exact) mass is 228 g/mol. The first-order chi connectivity index (χ1) is 5.56. The molecule has 0 aliphatic rings. The Labute approximate surface area is 105 Å². The number of aryl methyl sites for hydroxylation is 1. The summed E-state index contributed by atoms with van der Waals surface area (Å²) >= 11 is 5.03. The van der Waals surface area contributed by atoms with Gasteiger partial charge in [-0.25, -0.2) is 8.42 Å². The van der Waals surface area contributed by atoms with Crippen LogP contribution in [0.4, 0.5) is 0 Å². The van der Waals surface area contributed by atoms with E-state index in [1.165, 1.54) is 12.1 Å². The molecule has 1 aromatic carbocycles. The summed E-state index contributed by atoms with van der Waals surface area (Å²) in [5, 5.41) is 0. The summed E-state index contributed by atoms with van der Waals surface area (Å²) in [5.41, 5.74) is 1.00. The summed E-state index contributed by atoms with van der Waals surface area (Å²) in [5.74, 6) is 0. The van der Waals surface area contributed by atoms with Gasteiger partial charge in [-0.15, -0.1) is 4.24 Å². The number of rotatable bonds is 2. The zero-order valence-electron chi connectivity index (χ0n) is 7.41. The number of halogens is 1. The number of sulfonamides is 1. The van der Waals surface area contributed by atoms with Crippen molar-refractivity contribution in [2.75, 3.05) is 0 Å². The maximum absolute atomic E-state index is 11.1. The summed E-state index contributed by atoms with van der Waals surface area (Å²) in [6.45, 7) is 1.88. The molecule has 0 saturated heterocycles. The van der Waals surface area contributed by atoms with E-state index in [9.17, 15) is 8.42 Å². The van der Waals surface area contributed by atoms with Gasteiger partial charge in [-0.3, -0.25) is 0 Å². The smallest absolute Gasteiger partial charge is 0.206 e. The quantitative estimate of drug-likeness (QED) is 0.608. The largest absolute Gasteiger partial charge is 0.253 e. The van der Waals surface area contributed by atoms with Gasteiger partial charge in [0.25, 0.3) is 10.0 Å². The molecular weight excluding hydrogens is 221 g/mol. The maximum atomic E-state index is 11.1. The van der Waals surface area contributed by atoms with Crippen LogP contribution in [0.1, 0.15) is 5.56 Å². The van der Waals surface area contributed by atoms with Crippen molar-refractivity contribution in [3.05, 3.63) is 29.8 Å². The van der Waals surface area contributed by atoms with Crippen LogP contribution in [0, 0.1) is 6.92 Å². The van der Waals surface area contributed by atoms with E-state index in [1.807, 2.05) is 6.92 Å². The summed E-state index contributed by atoms with van der Waals surface area (Å²) in [6.07, 6.45) is 0. The zero-order chi connectivity index (χ0) is 9.19. The Hall–Kier alpha value is 0.420. The summed E-state index contributed by atoms with van der Waals surface area (Å²) in [4.78, 5) is 0.170. The molecule has 0 aliphatic heterocycles. The van der Waals surface area contributed by atoms with Crippen LogP contribution < -0.4 is 4.24 Å². The molecule has 1 radical (unpaired) electrons. The molecule has 0 fully saturated rings. The molecule has 1 rings (SSSR count). The molecule has 0 bridgehead atoms. The topological polar surface area (TPSA) is 46.2 Å². The van der Waals surface area contributed by atoms with Crippen LogP contribution in [0.3, 0.4) is 0 Å². The van der Waals surface area contributed by atoms with Crippen LogP contribution in [0.2, 0.25) is 0 Å². The van der Waals surface area contributed by atoms with Crippen LogP contribution in [-0.4, -0.2) is 38.0 Å². The molecular formula is C7H8ClNNaO2S. The first kappa shape index (κ1) is 13.4. The summed E-state index contributed by atoms with van der Waals surface area (Å²) in [7, 11) is -3.50. The van der Waals surface area contributed by atoms with Crippen molar-refractivity contribution in [1.29, 1.82) is 0 Å². The molecule has 1 N–H and O–H groups in total. The van der Waals surface area contributed by atoms with Crippen LogP contribution in [0.15, 0.2) is 29.2 Å². The molecule has 0 unspecified atom stereocenters. The standard InChI is InChI=1S/C7H8ClNO2S.Na/c1-6-2-4-7(5-3-6)12(10,11)9-8;/h2-5,9H,1H3;. The number of hydrogen-bond acceptors (Lipinski definition) is 2. The van der Waals surface area contributed by atoms with Gasteiger partial charge in [0.2, 0.25) is 0 Å². The van der Waals surface area contributed by atoms with Crippen molar-refractivity contribution < 1.29 is 8.42 Å². The van der Waals surface area contributed by atoms with Gasteiger partial charge < -0.3 is 0 Å². The third-order valence-corrected chi connectivity index (χ3v) is 3.14. The normalized spacial score (nSPS) is 10.6. The molecule has 1 aromatic rings. The Morgan fingerprint density at radius 1 is 1.23 bits per heavy atom. The van der Waals surface area contributed by atoms with Gasteiger partial charge in [-0.2, -0.15) is 0 Å². The first-order valence-electron chi connectivity index (χ1n) is 3.25. The molecule has 0 saturated carbocycles. The van der Waals surface area contributed by atoms with Crippen LogP contribution in [0.25, 0.3) is 0 Å². The van der Waals surface area contributed by atoms with Gasteiger partial charge in [0.15, 0.2) is 0 Å². The third-order valence-electron chi connectivity index (χ3n) is 1.43. The molecule has 0 heterocycles.